The number of hydrogen-bond donors (Lipinski definition) is 5. The van der Waals surface area contributed by atoms with E-state index in [4.69, 9.17) is 9.29 Å². The second-order valence-electron chi connectivity index (χ2n) is 8.05. The SMILES string of the molecule is CO[C@H]1Cc2ccccc2[C@H]1Nc1cc(N[C@@H]2C[C@@H](CNS(=O)(=O)O)[C@@H](O)C2)ncn1. The Labute approximate surface area is 181 Å². The van der Waals surface area contributed by atoms with Crippen molar-refractivity contribution in [3.05, 3.63) is 47.8 Å². The first-order valence-electron chi connectivity index (χ1n) is 10.2. The van der Waals surface area contributed by atoms with E-state index in [9.17, 15) is 13.5 Å². The Kier molecular flexibility index (Phi) is 6.39. The molecule has 168 valence electrons. The Morgan fingerprint density at radius 3 is 2.65 bits per heavy atom. The predicted molar refractivity (Wildman–Crippen MR) is 115 cm³/mol. The zero-order valence-corrected chi connectivity index (χ0v) is 17.9. The van der Waals surface area contributed by atoms with Crippen LogP contribution in [-0.4, -0.2) is 59.9 Å². The number of aliphatic hydroxyl groups is 1. The van der Waals surface area contributed by atoms with Crippen LogP contribution in [0.4, 0.5) is 11.6 Å². The third-order valence-corrected chi connectivity index (χ3v) is 6.53. The van der Waals surface area contributed by atoms with Crippen LogP contribution in [0.1, 0.15) is 30.0 Å². The number of fused-ring (bicyclic) bond motifs is 1. The van der Waals surface area contributed by atoms with Crippen LogP contribution in [0.25, 0.3) is 0 Å². The van der Waals surface area contributed by atoms with E-state index < -0.39 is 16.4 Å². The number of anilines is 2. The number of aromatic nitrogens is 2. The number of hydrogen-bond acceptors (Lipinski definition) is 8. The van der Waals surface area contributed by atoms with E-state index in [1.807, 2.05) is 22.9 Å². The lowest BCUT2D eigenvalue weighted by atomic mass is 10.1. The number of rotatable bonds is 8. The highest BCUT2D eigenvalue weighted by molar-refractivity contribution is 7.83. The van der Waals surface area contributed by atoms with Crippen molar-refractivity contribution in [1.29, 1.82) is 0 Å². The molecule has 0 bridgehead atoms. The minimum Gasteiger partial charge on any atom is -0.393 e. The highest BCUT2D eigenvalue weighted by Gasteiger charge is 2.34. The van der Waals surface area contributed by atoms with Crippen molar-refractivity contribution in [3.63, 3.8) is 0 Å². The molecule has 5 N–H and O–H groups in total. The maximum absolute atomic E-state index is 10.9. The summed E-state index contributed by atoms with van der Waals surface area (Å²) in [6, 6.07) is 9.94. The van der Waals surface area contributed by atoms with Crippen LogP contribution in [0, 0.1) is 5.92 Å². The van der Waals surface area contributed by atoms with E-state index in [-0.39, 0.29) is 30.7 Å². The number of methoxy groups -OCH3 is 1. The smallest absolute Gasteiger partial charge is 0.333 e. The van der Waals surface area contributed by atoms with Crippen LogP contribution < -0.4 is 15.4 Å². The van der Waals surface area contributed by atoms with Crippen molar-refractivity contribution in [2.75, 3.05) is 24.3 Å². The summed E-state index contributed by atoms with van der Waals surface area (Å²) in [6.45, 7) is -0.0196. The van der Waals surface area contributed by atoms with Crippen molar-refractivity contribution in [3.8, 4) is 0 Å². The molecule has 10 nitrogen and oxygen atoms in total. The summed E-state index contributed by atoms with van der Waals surface area (Å²) in [5.41, 5.74) is 2.44. The van der Waals surface area contributed by atoms with Crippen molar-refractivity contribution < 1.29 is 22.8 Å². The molecule has 2 aliphatic rings. The van der Waals surface area contributed by atoms with Crippen LogP contribution in [-0.2, 0) is 21.5 Å². The van der Waals surface area contributed by atoms with Gasteiger partial charge in [-0.05, 0) is 24.0 Å². The molecule has 0 aliphatic heterocycles. The van der Waals surface area contributed by atoms with Gasteiger partial charge in [0.2, 0.25) is 0 Å². The first kappa shape index (κ1) is 21.9. The standard InChI is InChI=1S/C20H27N5O5S/c1-30-17-7-12-4-2-3-5-15(12)20(17)25-19-9-18(21-11-22-19)24-14-6-13(16(26)8-14)10-23-31(27,28)29/h2-5,9,11,13-14,16-17,20,23,26H,6-8,10H2,1H3,(H,27,28,29)(H2,21,22,24,25)/t13-,14+,16-,17-,20+/m0/s1. The van der Waals surface area contributed by atoms with Gasteiger partial charge in [0, 0.05) is 38.1 Å². The van der Waals surface area contributed by atoms with E-state index in [1.54, 1.807) is 7.11 Å². The van der Waals surface area contributed by atoms with E-state index in [0.717, 1.165) is 6.42 Å². The first-order chi connectivity index (χ1) is 14.8. The van der Waals surface area contributed by atoms with Gasteiger partial charge in [0.15, 0.2) is 0 Å². The van der Waals surface area contributed by atoms with Gasteiger partial charge >= 0.3 is 10.3 Å². The van der Waals surface area contributed by atoms with Crippen LogP contribution in [0.15, 0.2) is 36.7 Å². The highest BCUT2D eigenvalue weighted by Crippen LogP contribution is 2.35. The molecule has 0 spiro atoms. The third-order valence-electron chi connectivity index (χ3n) is 5.99. The maximum Gasteiger partial charge on any atom is 0.333 e. The lowest BCUT2D eigenvalue weighted by Crippen LogP contribution is -2.32. The predicted octanol–water partition coefficient (Wildman–Crippen LogP) is 1.14. The van der Waals surface area contributed by atoms with Gasteiger partial charge in [0.1, 0.15) is 18.0 Å². The molecule has 2 aromatic rings. The molecule has 4 rings (SSSR count). The molecule has 2 aliphatic carbocycles. The van der Waals surface area contributed by atoms with Gasteiger partial charge in [-0.3, -0.25) is 4.55 Å². The molecule has 1 heterocycles. The van der Waals surface area contributed by atoms with Gasteiger partial charge < -0.3 is 20.5 Å². The number of benzene rings is 1. The van der Waals surface area contributed by atoms with E-state index in [1.165, 1.54) is 17.5 Å². The summed E-state index contributed by atoms with van der Waals surface area (Å²) >= 11 is 0. The Morgan fingerprint density at radius 2 is 1.90 bits per heavy atom. The molecule has 1 fully saturated rings. The van der Waals surface area contributed by atoms with Gasteiger partial charge in [-0.25, -0.2) is 9.97 Å². The van der Waals surface area contributed by atoms with Gasteiger partial charge in [-0.15, -0.1) is 0 Å². The largest absolute Gasteiger partial charge is 0.393 e. The number of aliphatic hydroxyl groups excluding tert-OH is 1. The molecule has 31 heavy (non-hydrogen) atoms. The average molecular weight is 450 g/mol. The lowest BCUT2D eigenvalue weighted by molar-refractivity contribution is 0.0959. The molecule has 1 aromatic carbocycles. The molecular formula is C20H27N5O5S. The monoisotopic (exact) mass is 449 g/mol. The second-order valence-corrected chi connectivity index (χ2v) is 9.29. The summed E-state index contributed by atoms with van der Waals surface area (Å²) in [5, 5.41) is 16.9. The minimum atomic E-state index is -4.28. The van der Waals surface area contributed by atoms with Gasteiger partial charge in [0.05, 0.1) is 18.2 Å². The summed E-state index contributed by atoms with van der Waals surface area (Å²) in [5.74, 6) is 0.971. The van der Waals surface area contributed by atoms with Gasteiger partial charge in [0.25, 0.3) is 0 Å². The zero-order chi connectivity index (χ0) is 22.0. The average Bonchev–Trinajstić information content (AvgIpc) is 3.26. The quantitative estimate of drug-likeness (QED) is 0.375. The van der Waals surface area contributed by atoms with Gasteiger partial charge in [-0.1, -0.05) is 24.3 Å². The fourth-order valence-electron chi connectivity index (χ4n) is 4.48. The maximum atomic E-state index is 10.9. The second kappa shape index (κ2) is 9.05. The van der Waals surface area contributed by atoms with E-state index in [0.29, 0.717) is 24.5 Å². The van der Waals surface area contributed by atoms with Crippen LogP contribution in [0.5, 0.6) is 0 Å². The summed E-state index contributed by atoms with van der Waals surface area (Å²) in [6.07, 6.45) is 2.62. The van der Waals surface area contributed by atoms with Crippen molar-refractivity contribution in [2.45, 2.75) is 43.6 Å². The molecule has 0 amide bonds. The molecule has 5 atom stereocenters. The van der Waals surface area contributed by atoms with Crippen LogP contribution >= 0.6 is 0 Å². The summed E-state index contributed by atoms with van der Waals surface area (Å²) < 4.78 is 38.3. The summed E-state index contributed by atoms with van der Waals surface area (Å²) in [4.78, 5) is 8.60. The Bertz CT molecular complexity index is 1020. The molecule has 1 aromatic heterocycles. The first-order valence-corrected chi connectivity index (χ1v) is 11.6. The fourth-order valence-corrected chi connectivity index (χ4v) is 4.91. The Hall–Kier alpha value is -2.31. The lowest BCUT2D eigenvalue weighted by Gasteiger charge is -2.22. The minimum absolute atomic E-state index is 0.00446. The zero-order valence-electron chi connectivity index (χ0n) is 17.1. The van der Waals surface area contributed by atoms with E-state index in [2.05, 4.69) is 32.7 Å². The highest BCUT2D eigenvalue weighted by atomic mass is 32.2. The fraction of sp³-hybridized carbons (Fsp3) is 0.500. The topological polar surface area (TPSA) is 146 Å². The molecule has 0 radical (unpaired) electrons. The van der Waals surface area contributed by atoms with Crippen LogP contribution in [0.2, 0.25) is 0 Å². The van der Waals surface area contributed by atoms with Crippen molar-refractivity contribution in [2.24, 2.45) is 5.92 Å². The molecular weight excluding hydrogens is 422 g/mol. The molecule has 0 saturated heterocycles. The third kappa shape index (κ3) is 5.31. The Morgan fingerprint density at radius 1 is 1.16 bits per heavy atom. The Balaban J connectivity index is 1.40. The summed E-state index contributed by atoms with van der Waals surface area (Å²) in [7, 11) is -2.57. The molecule has 1 saturated carbocycles. The van der Waals surface area contributed by atoms with Crippen molar-refractivity contribution in [1.82, 2.24) is 14.7 Å². The number of nitrogens with one attached hydrogen (secondary N) is 3. The molecule has 11 heteroatoms. The van der Waals surface area contributed by atoms with Crippen molar-refractivity contribution >= 4 is 21.9 Å². The van der Waals surface area contributed by atoms with Gasteiger partial charge in [-0.2, -0.15) is 13.1 Å². The molecule has 0 unspecified atom stereocenters. The number of nitrogens with zero attached hydrogens (tertiary/aromatic N) is 2. The normalized spacial score (nSPS) is 27.8. The van der Waals surface area contributed by atoms with Crippen LogP contribution in [0.3, 0.4) is 0 Å². The number of ether oxygens (including phenoxy) is 1. The van der Waals surface area contributed by atoms with E-state index >= 15 is 0 Å².